The number of carbonyl (C=O) groups excluding carboxylic acids is 1. The summed E-state index contributed by atoms with van der Waals surface area (Å²) in [4.78, 5) is 13.1. The van der Waals surface area contributed by atoms with Crippen molar-refractivity contribution < 1.29 is 9.18 Å². The van der Waals surface area contributed by atoms with Gasteiger partial charge in [0, 0.05) is 17.1 Å². The molecule has 0 bridgehead atoms. The zero-order valence-corrected chi connectivity index (χ0v) is 15.2. The number of amides is 1. The molecule has 1 aromatic rings. The van der Waals surface area contributed by atoms with Crippen LogP contribution in [-0.4, -0.2) is 23.0 Å². The van der Waals surface area contributed by atoms with Crippen molar-refractivity contribution in [2.45, 2.75) is 82.3 Å². The van der Waals surface area contributed by atoms with Gasteiger partial charge in [-0.25, -0.2) is 4.39 Å². The Morgan fingerprint density at radius 3 is 2.08 bits per heavy atom. The van der Waals surface area contributed by atoms with Crippen LogP contribution in [0.25, 0.3) is 0 Å². The third-order valence-corrected chi connectivity index (χ3v) is 5.56. The Hall–Kier alpha value is -1.42. The second-order valence-corrected chi connectivity index (χ2v) is 8.91. The summed E-state index contributed by atoms with van der Waals surface area (Å²) < 4.78 is 13.2. The van der Waals surface area contributed by atoms with Gasteiger partial charge in [0.05, 0.1) is 5.41 Å². The molecule has 0 atom stereocenters. The first-order valence-electron chi connectivity index (χ1n) is 8.98. The maximum atomic E-state index is 13.2. The zero-order chi connectivity index (χ0) is 17.6. The Bertz CT molecular complexity index is 601. The Balaban J connectivity index is 1.77. The molecule has 0 spiro atoms. The van der Waals surface area contributed by atoms with Crippen molar-refractivity contribution in [3.8, 4) is 0 Å². The summed E-state index contributed by atoms with van der Waals surface area (Å²) >= 11 is 0. The number of rotatable bonds is 3. The number of hydrogen-bond acceptors (Lipinski definition) is 2. The lowest BCUT2D eigenvalue weighted by Gasteiger charge is -2.48. The van der Waals surface area contributed by atoms with Gasteiger partial charge in [0.15, 0.2) is 0 Å². The quantitative estimate of drug-likeness (QED) is 0.887. The fourth-order valence-electron chi connectivity index (χ4n) is 4.69. The van der Waals surface area contributed by atoms with E-state index in [1.165, 1.54) is 12.1 Å². The number of hydrogen-bond donors (Lipinski definition) is 2. The van der Waals surface area contributed by atoms with E-state index in [1.54, 1.807) is 12.1 Å². The molecule has 2 fully saturated rings. The highest BCUT2D eigenvalue weighted by molar-refractivity contribution is 5.89. The molecule has 3 nitrogen and oxygen atoms in total. The van der Waals surface area contributed by atoms with Crippen molar-refractivity contribution in [2.75, 3.05) is 0 Å². The first-order valence-corrected chi connectivity index (χ1v) is 8.98. The molecule has 1 aliphatic heterocycles. The van der Waals surface area contributed by atoms with Crippen LogP contribution in [0.4, 0.5) is 4.39 Å². The van der Waals surface area contributed by atoms with E-state index in [1.807, 2.05) is 0 Å². The third kappa shape index (κ3) is 3.34. The standard InChI is InChI=1S/C20H29FN2O/c1-18(2)12-16(13-19(3,4)23-18)22-17(24)20(10-5-11-20)14-6-8-15(21)9-7-14/h6-9,16,23H,5,10-13H2,1-4H3,(H,22,24). The smallest absolute Gasteiger partial charge is 0.230 e. The van der Waals surface area contributed by atoms with E-state index in [2.05, 4.69) is 38.3 Å². The minimum atomic E-state index is -0.465. The second kappa shape index (κ2) is 5.83. The van der Waals surface area contributed by atoms with Crippen LogP contribution in [0.15, 0.2) is 24.3 Å². The van der Waals surface area contributed by atoms with Gasteiger partial charge in [-0.2, -0.15) is 0 Å². The van der Waals surface area contributed by atoms with E-state index in [4.69, 9.17) is 0 Å². The van der Waals surface area contributed by atoms with Crippen LogP contribution >= 0.6 is 0 Å². The molecule has 1 amide bonds. The van der Waals surface area contributed by atoms with Crippen LogP contribution in [0.1, 0.15) is 65.4 Å². The van der Waals surface area contributed by atoms with Gasteiger partial charge in [0.25, 0.3) is 0 Å². The van der Waals surface area contributed by atoms with E-state index in [0.29, 0.717) is 0 Å². The van der Waals surface area contributed by atoms with Crippen molar-refractivity contribution in [2.24, 2.45) is 0 Å². The lowest BCUT2D eigenvalue weighted by Crippen LogP contribution is -2.63. The molecule has 1 heterocycles. The Kier molecular flexibility index (Phi) is 4.23. The maximum absolute atomic E-state index is 13.2. The molecule has 3 rings (SSSR count). The summed E-state index contributed by atoms with van der Waals surface area (Å²) in [5.41, 5.74) is 0.484. The van der Waals surface area contributed by atoms with Gasteiger partial charge in [-0.15, -0.1) is 0 Å². The molecule has 0 unspecified atom stereocenters. The molecule has 2 N–H and O–H groups in total. The maximum Gasteiger partial charge on any atom is 0.230 e. The molecule has 0 radical (unpaired) electrons. The van der Waals surface area contributed by atoms with Crippen LogP contribution in [0.2, 0.25) is 0 Å². The van der Waals surface area contributed by atoms with E-state index < -0.39 is 5.41 Å². The minimum absolute atomic E-state index is 0.00233. The molecular weight excluding hydrogens is 303 g/mol. The molecule has 132 valence electrons. The van der Waals surface area contributed by atoms with Gasteiger partial charge >= 0.3 is 0 Å². The topological polar surface area (TPSA) is 41.1 Å². The highest BCUT2D eigenvalue weighted by atomic mass is 19.1. The molecule has 1 aliphatic carbocycles. The Labute approximate surface area is 144 Å². The number of benzene rings is 1. The van der Waals surface area contributed by atoms with Crippen LogP contribution < -0.4 is 10.6 Å². The van der Waals surface area contributed by atoms with Gasteiger partial charge < -0.3 is 10.6 Å². The molecule has 1 saturated heterocycles. The van der Waals surface area contributed by atoms with Crippen molar-refractivity contribution in [1.82, 2.24) is 10.6 Å². The first kappa shape index (κ1) is 17.4. The molecule has 2 aliphatic rings. The molecular formula is C20H29FN2O. The fourth-order valence-corrected chi connectivity index (χ4v) is 4.69. The minimum Gasteiger partial charge on any atom is -0.352 e. The predicted molar refractivity (Wildman–Crippen MR) is 94.4 cm³/mol. The predicted octanol–water partition coefficient (Wildman–Crippen LogP) is 3.67. The van der Waals surface area contributed by atoms with E-state index in [0.717, 1.165) is 37.7 Å². The van der Waals surface area contributed by atoms with Gasteiger partial charge in [-0.3, -0.25) is 4.79 Å². The molecule has 4 heteroatoms. The summed E-state index contributed by atoms with van der Waals surface area (Å²) in [6, 6.07) is 6.62. The van der Waals surface area contributed by atoms with Crippen LogP contribution in [0.3, 0.4) is 0 Å². The van der Waals surface area contributed by atoms with Crippen molar-refractivity contribution in [3.05, 3.63) is 35.6 Å². The lowest BCUT2D eigenvalue weighted by molar-refractivity contribution is -0.131. The van der Waals surface area contributed by atoms with Crippen molar-refractivity contribution in [3.63, 3.8) is 0 Å². The normalized spacial score (nSPS) is 24.9. The number of halogens is 1. The van der Waals surface area contributed by atoms with Crippen LogP contribution in [0.5, 0.6) is 0 Å². The van der Waals surface area contributed by atoms with E-state index in [-0.39, 0.29) is 28.8 Å². The largest absolute Gasteiger partial charge is 0.352 e. The summed E-state index contributed by atoms with van der Waals surface area (Å²) in [5, 5.41) is 6.96. The van der Waals surface area contributed by atoms with E-state index in [9.17, 15) is 9.18 Å². The molecule has 24 heavy (non-hydrogen) atoms. The van der Waals surface area contributed by atoms with Gasteiger partial charge in [-0.05, 0) is 71.1 Å². The molecule has 1 saturated carbocycles. The average molecular weight is 332 g/mol. The first-order chi connectivity index (χ1) is 11.1. The Morgan fingerprint density at radius 2 is 1.62 bits per heavy atom. The van der Waals surface area contributed by atoms with Crippen molar-refractivity contribution in [1.29, 1.82) is 0 Å². The number of nitrogens with one attached hydrogen (secondary N) is 2. The fraction of sp³-hybridized carbons (Fsp3) is 0.650. The molecule has 1 aromatic carbocycles. The number of piperidine rings is 1. The highest BCUT2D eigenvalue weighted by Crippen LogP contribution is 2.44. The summed E-state index contributed by atoms with van der Waals surface area (Å²) in [5.74, 6) is -0.144. The second-order valence-electron chi connectivity index (χ2n) is 8.91. The summed E-state index contributed by atoms with van der Waals surface area (Å²) in [6.45, 7) is 8.75. The average Bonchev–Trinajstić information content (AvgIpc) is 2.35. The highest BCUT2D eigenvalue weighted by Gasteiger charge is 2.47. The molecule has 0 aromatic heterocycles. The number of carbonyl (C=O) groups is 1. The van der Waals surface area contributed by atoms with E-state index >= 15 is 0 Å². The third-order valence-electron chi connectivity index (χ3n) is 5.56. The monoisotopic (exact) mass is 332 g/mol. The Morgan fingerprint density at radius 1 is 1.08 bits per heavy atom. The van der Waals surface area contributed by atoms with Crippen molar-refractivity contribution >= 4 is 5.91 Å². The van der Waals surface area contributed by atoms with Crippen LogP contribution in [0, 0.1) is 5.82 Å². The van der Waals surface area contributed by atoms with Gasteiger partial charge in [0.1, 0.15) is 5.82 Å². The SMILES string of the molecule is CC1(C)CC(NC(=O)C2(c3ccc(F)cc3)CCC2)CC(C)(C)N1. The lowest BCUT2D eigenvalue weighted by atomic mass is 9.63. The zero-order valence-electron chi connectivity index (χ0n) is 15.2. The van der Waals surface area contributed by atoms with Gasteiger partial charge in [0.2, 0.25) is 5.91 Å². The van der Waals surface area contributed by atoms with Crippen LogP contribution in [-0.2, 0) is 10.2 Å². The van der Waals surface area contributed by atoms with Gasteiger partial charge in [-0.1, -0.05) is 18.6 Å². The summed E-state index contributed by atoms with van der Waals surface area (Å²) in [7, 11) is 0. The summed E-state index contributed by atoms with van der Waals surface area (Å²) in [6.07, 6.45) is 4.59.